The third kappa shape index (κ3) is 25.8. The first-order valence-corrected chi connectivity index (χ1v) is 49.9. The predicted octanol–water partition coefficient (Wildman–Crippen LogP) is 17.4. The Labute approximate surface area is 795 Å². The first kappa shape index (κ1) is 102. The van der Waals surface area contributed by atoms with Crippen LogP contribution in [0, 0.1) is 69.5 Å². The fourth-order valence-corrected chi connectivity index (χ4v) is 20.4. The number of amides is 3. The minimum atomic E-state index is -1.08. The maximum Gasteiger partial charge on any atom is 0.329 e. The van der Waals surface area contributed by atoms with Gasteiger partial charge in [0, 0.05) is 36.0 Å². The molecule has 0 radical (unpaired) electrons. The molecule has 9 heterocycles. The molecule has 9 aliphatic rings. The number of fused-ring (bicyclic) bond motifs is 15. The van der Waals surface area contributed by atoms with Gasteiger partial charge in [0.05, 0.1) is 103 Å². The maximum atomic E-state index is 14.6. The average molecular weight is 1870 g/mol. The number of hydrogen-bond donors (Lipinski definition) is 2. The van der Waals surface area contributed by atoms with Crippen molar-refractivity contribution in [1.82, 2.24) is 44.6 Å². The van der Waals surface area contributed by atoms with E-state index in [1.807, 2.05) is 154 Å². The van der Waals surface area contributed by atoms with Crippen LogP contribution in [0.25, 0.3) is 33.1 Å². The number of carbonyl (C=O) groups is 9. The van der Waals surface area contributed by atoms with Gasteiger partial charge in [-0.2, -0.15) is 0 Å². The Balaban J connectivity index is 0.000000172. The summed E-state index contributed by atoms with van der Waals surface area (Å²) in [7, 11) is 0. The molecule has 6 aromatic rings. The summed E-state index contributed by atoms with van der Waals surface area (Å²) in [5.41, 5.74) is 2.94. The first-order valence-electron chi connectivity index (χ1n) is 49.9. The summed E-state index contributed by atoms with van der Waals surface area (Å²) in [6.07, 6.45) is 15.7. The SMILES string of the molecule is CCOc1ccc2nc3c(nc2c1)O[C@H]1CN(C(=O)[C@H](C(C)(C)C)CC(=O)O[C@@H]2C[C@H]2CCCCC3)[C@H](C(=O)O)[C@@H]1CC.CCOc1ccc2nc3c(nc2c1)O[C@H]1CN(C(=O)[C@H](C(C)(C)C)CC(=O)O[C@@H]2C[C@H]2CCCCC3)[C@H](C(=O)OC(C)(C)C)[C@@H]1CC.CC[C@@H]1[C@@H]2CN(C(=O)[C@H](C(C)(C)C)CC(=O)O[C@@H]3C[C@H]3CCCCCc3nc4ccc(O)cc4nc3O2)[C@@H]1C(=O)OC(C)(C)C. The van der Waals surface area contributed by atoms with Crippen molar-refractivity contribution in [2.75, 3.05) is 32.8 Å². The van der Waals surface area contributed by atoms with Crippen LogP contribution in [0.5, 0.6) is 34.9 Å². The van der Waals surface area contributed by atoms with Gasteiger partial charge in [-0.05, 0) is 222 Å². The summed E-state index contributed by atoms with van der Waals surface area (Å²) in [5, 5.41) is 20.5. The van der Waals surface area contributed by atoms with E-state index in [0.29, 0.717) is 126 Å². The third-order valence-corrected chi connectivity index (χ3v) is 28.1. The fourth-order valence-electron chi connectivity index (χ4n) is 20.4. The van der Waals surface area contributed by atoms with Crippen LogP contribution in [-0.4, -0.2) is 207 Å². The molecule has 30 nitrogen and oxygen atoms in total. The second-order valence-corrected chi connectivity index (χ2v) is 43.9. The number of aromatic hydroxyl groups is 1. The molecule has 3 aromatic carbocycles. The summed E-state index contributed by atoms with van der Waals surface area (Å²) in [6.45, 7) is 39.4. The highest BCUT2D eigenvalue weighted by molar-refractivity contribution is 5.92. The van der Waals surface area contributed by atoms with E-state index in [-0.39, 0.29) is 104 Å². The second kappa shape index (κ2) is 42.8. The van der Waals surface area contributed by atoms with Gasteiger partial charge in [0.2, 0.25) is 35.4 Å². The highest BCUT2D eigenvalue weighted by atomic mass is 16.6. The molecule has 0 unspecified atom stereocenters. The topological polar surface area (TPSA) is 373 Å². The quantitative estimate of drug-likeness (QED) is 0.0950. The third-order valence-electron chi connectivity index (χ3n) is 28.1. The Bertz CT molecular complexity index is 5260. The molecule has 15 rings (SSSR count). The molecule has 3 saturated carbocycles. The molecule has 30 heteroatoms. The van der Waals surface area contributed by atoms with E-state index < -0.39 is 111 Å². The molecule has 3 aromatic heterocycles. The number of aliphatic carboxylic acids is 1. The lowest BCUT2D eigenvalue weighted by Gasteiger charge is -2.35. The molecule has 2 N–H and O–H groups in total. The highest BCUT2D eigenvalue weighted by Crippen LogP contribution is 2.48. The second-order valence-electron chi connectivity index (χ2n) is 43.9. The number of esters is 5. The van der Waals surface area contributed by atoms with E-state index in [0.717, 1.165) is 119 Å². The number of carbonyl (C=O) groups excluding carboxylic acids is 8. The number of aryl methyl sites for hydroxylation is 3. The molecular weight excluding hydrogens is 1720 g/mol. The molecule has 18 atom stereocenters. The molecule has 0 spiro atoms. The van der Waals surface area contributed by atoms with Crippen LogP contribution < -0.4 is 23.7 Å². The number of hydrogen-bond acceptors (Lipinski definition) is 26. The number of nitrogens with zero attached hydrogens (tertiary/aromatic N) is 9. The van der Waals surface area contributed by atoms with Crippen molar-refractivity contribution in [3.05, 3.63) is 71.7 Å². The summed E-state index contributed by atoms with van der Waals surface area (Å²) in [5.74, 6) is -3.76. The predicted molar refractivity (Wildman–Crippen MR) is 506 cm³/mol. The lowest BCUT2D eigenvalue weighted by atomic mass is 9.77. The Morgan fingerprint density at radius 2 is 0.681 bits per heavy atom. The Hall–Kier alpha value is -10.3. The average Bonchev–Trinajstić information content (AvgIpc) is 1.62. The van der Waals surface area contributed by atoms with E-state index in [4.69, 9.17) is 77.3 Å². The van der Waals surface area contributed by atoms with Crippen molar-refractivity contribution in [3.8, 4) is 34.9 Å². The zero-order chi connectivity index (χ0) is 97.7. The number of phenolic OH excluding ortho intramolecular Hbond substituents is 1. The van der Waals surface area contributed by atoms with Gasteiger partial charge in [-0.1, -0.05) is 122 Å². The van der Waals surface area contributed by atoms with Crippen molar-refractivity contribution in [2.24, 2.45) is 69.5 Å². The Kier molecular flexibility index (Phi) is 32.3. The van der Waals surface area contributed by atoms with E-state index in [2.05, 4.69) is 0 Å². The van der Waals surface area contributed by atoms with Gasteiger partial charge in [0.1, 0.15) is 100 Å². The van der Waals surface area contributed by atoms with Gasteiger partial charge in [0.15, 0.2) is 0 Å². The summed E-state index contributed by atoms with van der Waals surface area (Å²) in [6, 6.07) is 13.3. The monoisotopic (exact) mass is 1870 g/mol. The first-order chi connectivity index (χ1) is 63.8. The molecule has 3 amide bonds. The van der Waals surface area contributed by atoms with Crippen LogP contribution in [0.3, 0.4) is 0 Å². The van der Waals surface area contributed by atoms with Crippen LogP contribution in [0.4, 0.5) is 0 Å². The lowest BCUT2D eigenvalue weighted by molar-refractivity contribution is -0.167. The number of phenols is 1. The standard InChI is InChI=1S/C37H53N3O7.C35H49N3O7.C33H45N3O7/c1-9-24-30-21-40(32(24)35(43)47-37(6,7)8)34(42)25(36(3,4)5)20-31(41)45-29-18-22(29)14-12-11-13-15-27-33(46-30)39-28-19-23(44-10-2)16-17-26(28)38-27;1-8-22-28-19-38(30(22)33(42)45-35(5,6)7)32(41)23(34(2,3)4)18-29(40)43-27-16-20(27)12-10-9-11-13-25-31(44-28)37-26-17-21(39)14-15-24(26)36-25;1-6-21-27-18-36(29(21)32(39)40)31(38)22(33(3,4)5)17-28(37)42-26-15-19(26)11-9-8-10-12-24-30(43-27)35-25-16-20(41-7-2)13-14-23(25)34-24/h16-17,19,22,24-25,29-30,32H,9-15,18,20-21H2,1-8H3;14-15,17,20,22-23,27-28,30,39H,8-13,16,18-19H2,1-7H3;13-14,16,19,21-22,26-27,29H,6-12,15,17-18H2,1-5H3,(H,39,40)/t22-,24-,25-,29-,30+,32+;20-,22-,23-,27-,28+,30+;19-,21-,22-,26-,27+,29+/m111/s1. The summed E-state index contributed by atoms with van der Waals surface area (Å²) < 4.78 is 60.7. The molecule has 738 valence electrons. The van der Waals surface area contributed by atoms with Gasteiger partial charge >= 0.3 is 35.8 Å². The molecule has 135 heavy (non-hydrogen) atoms. The fraction of sp³-hybridized carbons (Fsp3) is 0.686. The van der Waals surface area contributed by atoms with Gasteiger partial charge in [-0.15, -0.1) is 0 Å². The van der Waals surface area contributed by atoms with Gasteiger partial charge in [-0.3, -0.25) is 28.8 Å². The van der Waals surface area contributed by atoms with Crippen molar-refractivity contribution in [2.45, 2.75) is 359 Å². The van der Waals surface area contributed by atoms with Crippen LogP contribution in [0.15, 0.2) is 54.6 Å². The number of rotatable bonds is 10. The van der Waals surface area contributed by atoms with Gasteiger partial charge < -0.3 is 72.3 Å². The van der Waals surface area contributed by atoms with Crippen molar-refractivity contribution in [1.29, 1.82) is 0 Å². The van der Waals surface area contributed by atoms with Crippen LogP contribution in [-0.2, 0) is 86.1 Å². The smallest absolute Gasteiger partial charge is 0.329 e. The number of ether oxygens (including phenoxy) is 10. The summed E-state index contributed by atoms with van der Waals surface area (Å²) in [4.78, 5) is 157. The minimum Gasteiger partial charge on any atom is -0.508 e. The van der Waals surface area contributed by atoms with Crippen molar-refractivity contribution < 1.29 is 101 Å². The van der Waals surface area contributed by atoms with Gasteiger partial charge in [0.25, 0.3) is 0 Å². The minimum absolute atomic E-state index is 0.0477. The molecular formula is C105H147N9O21. The van der Waals surface area contributed by atoms with Crippen LogP contribution in [0.2, 0.25) is 0 Å². The van der Waals surface area contributed by atoms with Crippen LogP contribution in [0.1, 0.15) is 290 Å². The number of carboxylic acid groups (broad SMARTS) is 1. The zero-order valence-electron chi connectivity index (χ0n) is 83.3. The number of benzene rings is 3. The number of aromatic nitrogens is 6. The molecule has 3 aliphatic carbocycles. The Morgan fingerprint density at radius 1 is 0.378 bits per heavy atom. The van der Waals surface area contributed by atoms with Gasteiger partial charge in [-0.25, -0.2) is 44.3 Å². The zero-order valence-corrected chi connectivity index (χ0v) is 83.3. The Morgan fingerprint density at radius 3 is 0.978 bits per heavy atom. The largest absolute Gasteiger partial charge is 0.508 e. The molecule has 3 saturated heterocycles. The van der Waals surface area contributed by atoms with E-state index in [1.54, 1.807) is 48.8 Å². The van der Waals surface area contributed by atoms with Crippen molar-refractivity contribution in [3.63, 3.8) is 0 Å². The highest BCUT2D eigenvalue weighted by Gasteiger charge is 2.57. The molecule has 6 bridgehead atoms. The molecule has 6 aliphatic heterocycles. The normalized spacial score (nSPS) is 28.1. The molecule has 6 fully saturated rings. The van der Waals surface area contributed by atoms with Crippen molar-refractivity contribution >= 4 is 86.6 Å². The van der Waals surface area contributed by atoms with E-state index >= 15 is 0 Å². The van der Waals surface area contributed by atoms with E-state index in [1.165, 1.54) is 4.90 Å². The van der Waals surface area contributed by atoms with Crippen LogP contribution >= 0.6 is 0 Å². The van der Waals surface area contributed by atoms with E-state index in [9.17, 15) is 53.4 Å². The number of carboxylic acids is 1. The maximum absolute atomic E-state index is 14.6. The summed E-state index contributed by atoms with van der Waals surface area (Å²) >= 11 is 0. The lowest BCUT2D eigenvalue weighted by Crippen LogP contribution is -2.50.